The summed E-state index contributed by atoms with van der Waals surface area (Å²) >= 11 is 0. The number of rotatable bonds is 0. The van der Waals surface area contributed by atoms with Gasteiger partial charge in [-0.3, -0.25) is 0 Å². The number of ether oxygens (including phenoxy) is 1. The minimum absolute atomic E-state index is 0.236. The first-order valence-electron chi connectivity index (χ1n) is 6.13. The molecule has 0 saturated carbocycles. The van der Waals surface area contributed by atoms with Crippen LogP contribution in [-0.2, 0) is 10.3 Å². The van der Waals surface area contributed by atoms with Crippen molar-refractivity contribution in [2.24, 2.45) is 0 Å². The molecule has 4 rings (SSSR count). The molecule has 3 bridgehead atoms. The number of phenolic OH excluding ortho intramolecular Hbond substituents is 1. The highest BCUT2D eigenvalue weighted by molar-refractivity contribution is 6.00. The minimum Gasteiger partial charge on any atom is -0.507 e. The van der Waals surface area contributed by atoms with E-state index >= 15 is 0 Å². The fourth-order valence-corrected chi connectivity index (χ4v) is 3.14. The van der Waals surface area contributed by atoms with Crippen LogP contribution in [0, 0.1) is 0 Å². The molecule has 4 nitrogen and oxygen atoms in total. The van der Waals surface area contributed by atoms with Gasteiger partial charge in [0, 0.05) is 24.2 Å². The molecule has 1 spiro atoms. The van der Waals surface area contributed by atoms with Crippen molar-refractivity contribution in [1.82, 2.24) is 5.32 Å². The van der Waals surface area contributed by atoms with Gasteiger partial charge in [-0.1, -0.05) is 0 Å². The zero-order valence-corrected chi connectivity index (χ0v) is 9.86. The lowest BCUT2D eigenvalue weighted by molar-refractivity contribution is -0.0408. The second-order valence-electron chi connectivity index (χ2n) is 5.01. The predicted octanol–water partition coefficient (Wildman–Crippen LogP) is 1.30. The van der Waals surface area contributed by atoms with Gasteiger partial charge in [-0.15, -0.1) is 0 Å². The molecular formula is C14H14N2O2. The Morgan fingerprint density at radius 3 is 2.72 bits per heavy atom. The van der Waals surface area contributed by atoms with Gasteiger partial charge in [0.1, 0.15) is 11.4 Å². The lowest BCUT2D eigenvalue weighted by atomic mass is 9.78. The molecule has 0 radical (unpaired) electrons. The van der Waals surface area contributed by atoms with Gasteiger partial charge in [0.2, 0.25) is 0 Å². The van der Waals surface area contributed by atoms with E-state index in [0.29, 0.717) is 18.8 Å². The number of hydrogen-bond donors (Lipinski definition) is 3. The highest BCUT2D eigenvalue weighted by atomic mass is 16.5. The summed E-state index contributed by atoms with van der Waals surface area (Å²) in [6, 6.07) is 7.82. The van der Waals surface area contributed by atoms with Crippen LogP contribution in [0.3, 0.4) is 0 Å². The quantitative estimate of drug-likeness (QED) is 0.609. The summed E-state index contributed by atoms with van der Waals surface area (Å²) in [6.07, 6.45) is 0. The van der Waals surface area contributed by atoms with E-state index in [0.717, 1.165) is 28.4 Å². The van der Waals surface area contributed by atoms with Gasteiger partial charge in [-0.25, -0.2) is 0 Å². The molecule has 1 aliphatic heterocycles. The highest BCUT2D eigenvalue weighted by Crippen LogP contribution is 2.46. The van der Waals surface area contributed by atoms with E-state index in [9.17, 15) is 5.11 Å². The number of aromatic hydroxyl groups is 1. The van der Waals surface area contributed by atoms with Crippen molar-refractivity contribution in [3.63, 3.8) is 0 Å². The van der Waals surface area contributed by atoms with E-state index in [1.807, 2.05) is 6.07 Å². The third-order valence-corrected chi connectivity index (χ3v) is 3.99. The van der Waals surface area contributed by atoms with Crippen LogP contribution in [0.1, 0.15) is 11.1 Å². The van der Waals surface area contributed by atoms with Crippen LogP contribution >= 0.6 is 0 Å². The Labute approximate surface area is 104 Å². The molecule has 1 fully saturated rings. The number of hydrogen-bond acceptors (Lipinski definition) is 4. The number of morpholine rings is 1. The molecule has 2 aliphatic rings. The van der Waals surface area contributed by atoms with Gasteiger partial charge in [-0.05, 0) is 40.8 Å². The van der Waals surface area contributed by atoms with Gasteiger partial charge in [0.25, 0.3) is 0 Å². The van der Waals surface area contributed by atoms with Crippen LogP contribution < -0.4 is 11.1 Å². The Kier molecular flexibility index (Phi) is 1.78. The normalized spacial score (nSPS) is 25.3. The second kappa shape index (κ2) is 3.16. The number of fused-ring (bicyclic) bond motifs is 4. The first-order valence-corrected chi connectivity index (χ1v) is 6.13. The fourth-order valence-electron chi connectivity index (χ4n) is 3.14. The van der Waals surface area contributed by atoms with Crippen molar-refractivity contribution in [3.05, 3.63) is 35.4 Å². The number of anilines is 1. The topological polar surface area (TPSA) is 67.5 Å². The molecule has 18 heavy (non-hydrogen) atoms. The lowest BCUT2D eigenvalue weighted by Gasteiger charge is -2.41. The zero-order valence-electron chi connectivity index (χ0n) is 9.86. The van der Waals surface area contributed by atoms with E-state index in [4.69, 9.17) is 10.5 Å². The van der Waals surface area contributed by atoms with Gasteiger partial charge < -0.3 is 20.9 Å². The van der Waals surface area contributed by atoms with Crippen LogP contribution in [0.5, 0.6) is 5.75 Å². The first-order chi connectivity index (χ1) is 8.71. The molecule has 1 saturated heterocycles. The molecule has 2 aromatic rings. The largest absolute Gasteiger partial charge is 0.507 e. The smallest absolute Gasteiger partial charge is 0.131 e. The summed E-state index contributed by atoms with van der Waals surface area (Å²) in [4.78, 5) is 0. The Bertz CT molecular complexity index is 614. The molecule has 1 aliphatic carbocycles. The Balaban J connectivity index is 2.10. The maximum absolute atomic E-state index is 10.1. The molecule has 92 valence electrons. The maximum atomic E-state index is 10.1. The fraction of sp³-hybridized carbons (Fsp3) is 0.286. The zero-order chi connectivity index (χ0) is 12.3. The molecule has 4 N–H and O–H groups in total. The summed E-state index contributed by atoms with van der Waals surface area (Å²) in [7, 11) is 0. The summed E-state index contributed by atoms with van der Waals surface area (Å²) in [5.74, 6) is 0.236. The summed E-state index contributed by atoms with van der Waals surface area (Å²) in [6.45, 7) is 2.22. The van der Waals surface area contributed by atoms with Gasteiger partial charge >= 0.3 is 0 Å². The average Bonchev–Trinajstić information content (AvgIpc) is 2.37. The standard InChI is InChI=1S/C14H14N2O2/c15-11-5-9-3-8-4-10(6-12(17)13(8)11)14(9)7-16-1-2-18-14/h3-6,16-17H,1-2,7,15H2. The number of nitrogen functional groups attached to an aromatic ring is 1. The van der Waals surface area contributed by atoms with E-state index in [1.165, 1.54) is 0 Å². The number of phenols is 1. The monoisotopic (exact) mass is 242 g/mol. The lowest BCUT2D eigenvalue weighted by Crippen LogP contribution is -2.48. The second-order valence-corrected chi connectivity index (χ2v) is 5.01. The molecular weight excluding hydrogens is 228 g/mol. The van der Waals surface area contributed by atoms with E-state index in [2.05, 4.69) is 17.4 Å². The van der Waals surface area contributed by atoms with Crippen molar-refractivity contribution < 1.29 is 9.84 Å². The van der Waals surface area contributed by atoms with Crippen LogP contribution in [0.15, 0.2) is 24.3 Å². The van der Waals surface area contributed by atoms with E-state index in [1.54, 1.807) is 6.07 Å². The van der Waals surface area contributed by atoms with Crippen LogP contribution in [0.2, 0.25) is 0 Å². The van der Waals surface area contributed by atoms with Crippen LogP contribution in [0.4, 0.5) is 5.69 Å². The maximum Gasteiger partial charge on any atom is 0.131 e. The van der Waals surface area contributed by atoms with Gasteiger partial charge in [0.05, 0.1) is 6.61 Å². The molecule has 1 unspecified atom stereocenters. The third-order valence-electron chi connectivity index (χ3n) is 3.99. The summed E-state index contributed by atoms with van der Waals surface area (Å²) in [5.41, 5.74) is 8.24. The summed E-state index contributed by atoms with van der Waals surface area (Å²) in [5, 5.41) is 15.2. The van der Waals surface area contributed by atoms with Gasteiger partial charge in [-0.2, -0.15) is 0 Å². The average molecular weight is 242 g/mol. The van der Waals surface area contributed by atoms with Crippen molar-refractivity contribution in [2.75, 3.05) is 25.4 Å². The number of benzene rings is 2. The van der Waals surface area contributed by atoms with E-state index in [-0.39, 0.29) is 5.75 Å². The van der Waals surface area contributed by atoms with E-state index < -0.39 is 5.60 Å². The summed E-state index contributed by atoms with van der Waals surface area (Å²) < 4.78 is 6.04. The Morgan fingerprint density at radius 2 is 2.00 bits per heavy atom. The number of nitrogens with one attached hydrogen (secondary N) is 1. The SMILES string of the molecule is Nc1cc2cc3cc(cc(O)c13)C21CNCCO1. The predicted molar refractivity (Wildman–Crippen MR) is 69.6 cm³/mol. The molecule has 1 heterocycles. The van der Waals surface area contributed by atoms with Crippen molar-refractivity contribution in [3.8, 4) is 5.75 Å². The third kappa shape index (κ3) is 1.07. The molecule has 1 atom stereocenters. The van der Waals surface area contributed by atoms with Crippen molar-refractivity contribution in [2.45, 2.75) is 5.60 Å². The Hall–Kier alpha value is -1.78. The molecule has 0 aromatic heterocycles. The molecule has 2 aromatic carbocycles. The van der Waals surface area contributed by atoms with Crippen molar-refractivity contribution in [1.29, 1.82) is 0 Å². The van der Waals surface area contributed by atoms with Crippen LogP contribution in [-0.4, -0.2) is 24.8 Å². The van der Waals surface area contributed by atoms with Crippen molar-refractivity contribution >= 4 is 16.5 Å². The molecule has 4 heteroatoms. The molecule has 0 amide bonds. The number of nitrogens with two attached hydrogens (primary N) is 1. The minimum atomic E-state index is -0.494. The van der Waals surface area contributed by atoms with Crippen LogP contribution in [0.25, 0.3) is 10.8 Å². The first kappa shape index (κ1) is 10.2. The van der Waals surface area contributed by atoms with Gasteiger partial charge in [0.15, 0.2) is 0 Å². The Morgan fingerprint density at radius 1 is 1.22 bits per heavy atom. The highest BCUT2D eigenvalue weighted by Gasteiger charge is 2.40.